The molecule has 2 nitrogen and oxygen atoms in total. The average molecular weight is 445 g/mol. The van der Waals surface area contributed by atoms with Crippen molar-refractivity contribution in [2.75, 3.05) is 0 Å². The second-order valence-electron chi connectivity index (χ2n) is 15.6. The molecule has 0 aromatic heterocycles. The third kappa shape index (κ3) is 2.66. The monoisotopic (exact) mass is 444 g/mol. The lowest BCUT2D eigenvalue weighted by molar-refractivity contribution is -0.268. The number of hydrogen-bond acceptors (Lipinski definition) is 2. The molecule has 0 unspecified atom stereocenters. The number of hydrogen-bond donors (Lipinski definition) is 2. The summed E-state index contributed by atoms with van der Waals surface area (Å²) in [6.45, 7) is 19.9. The predicted octanol–water partition coefficient (Wildman–Crippen LogP) is 7.22. The molecule has 5 aliphatic carbocycles. The van der Waals surface area contributed by atoms with Crippen LogP contribution in [0.5, 0.6) is 0 Å². The van der Waals surface area contributed by atoms with Crippen LogP contribution in [0.15, 0.2) is 0 Å². The van der Waals surface area contributed by atoms with Crippen LogP contribution < -0.4 is 0 Å². The van der Waals surface area contributed by atoms with Gasteiger partial charge in [-0.05, 0) is 120 Å². The standard InChI is InChI=1S/C30H52O2/c1-25(2)17-18-27(5)19(24(25)32)11-15-29(7)21(27)9-10-22-28(6)14-13-23(31)26(3,4)20(28)12-16-30(22,29)8/h19-24,31-32H,9-18H2,1-8H3/t19-,20+,21+,22+,23-,24+,27+,28-,29-,30-/m0/s1. The molecule has 5 rings (SSSR count). The zero-order valence-electron chi connectivity index (χ0n) is 22.4. The van der Waals surface area contributed by atoms with Gasteiger partial charge < -0.3 is 10.2 Å². The first-order valence-electron chi connectivity index (χ1n) is 14.0. The van der Waals surface area contributed by atoms with E-state index >= 15 is 0 Å². The van der Waals surface area contributed by atoms with Crippen molar-refractivity contribution in [1.29, 1.82) is 0 Å². The summed E-state index contributed by atoms with van der Waals surface area (Å²) in [5.74, 6) is 2.62. The summed E-state index contributed by atoms with van der Waals surface area (Å²) < 4.78 is 0. The van der Waals surface area contributed by atoms with Crippen molar-refractivity contribution in [1.82, 2.24) is 0 Å². The fourth-order valence-corrected chi connectivity index (χ4v) is 11.6. The lowest BCUT2D eigenvalue weighted by atomic mass is 9.30. The molecule has 5 fully saturated rings. The molecule has 0 aromatic rings. The van der Waals surface area contributed by atoms with Crippen molar-refractivity contribution in [3.05, 3.63) is 0 Å². The molecule has 32 heavy (non-hydrogen) atoms. The molecule has 10 atom stereocenters. The van der Waals surface area contributed by atoms with Crippen molar-refractivity contribution in [3.8, 4) is 0 Å². The van der Waals surface area contributed by atoms with Crippen LogP contribution in [0.25, 0.3) is 0 Å². The minimum Gasteiger partial charge on any atom is -0.393 e. The van der Waals surface area contributed by atoms with Gasteiger partial charge in [0.15, 0.2) is 0 Å². The van der Waals surface area contributed by atoms with Gasteiger partial charge in [-0.15, -0.1) is 0 Å². The smallest absolute Gasteiger partial charge is 0.0624 e. The Kier molecular flexibility index (Phi) is 5.01. The first-order chi connectivity index (χ1) is 14.6. The van der Waals surface area contributed by atoms with Gasteiger partial charge in [0, 0.05) is 0 Å². The van der Waals surface area contributed by atoms with Crippen LogP contribution in [0, 0.1) is 56.2 Å². The van der Waals surface area contributed by atoms with Gasteiger partial charge in [0.2, 0.25) is 0 Å². The number of fused-ring (bicyclic) bond motifs is 7. The zero-order valence-corrected chi connectivity index (χ0v) is 22.4. The molecule has 0 radical (unpaired) electrons. The molecule has 2 N–H and O–H groups in total. The number of aliphatic hydroxyl groups excluding tert-OH is 2. The van der Waals surface area contributed by atoms with Crippen molar-refractivity contribution in [2.24, 2.45) is 56.2 Å². The quantitative estimate of drug-likeness (QED) is 0.414. The number of rotatable bonds is 0. The first-order valence-corrected chi connectivity index (χ1v) is 14.0. The molecule has 5 saturated carbocycles. The van der Waals surface area contributed by atoms with Gasteiger partial charge in [-0.1, -0.05) is 55.4 Å². The second kappa shape index (κ2) is 6.77. The maximum absolute atomic E-state index is 11.4. The van der Waals surface area contributed by atoms with Gasteiger partial charge in [0.05, 0.1) is 12.2 Å². The van der Waals surface area contributed by atoms with E-state index < -0.39 is 0 Å². The van der Waals surface area contributed by atoms with Crippen LogP contribution >= 0.6 is 0 Å². The maximum atomic E-state index is 11.4. The molecular weight excluding hydrogens is 392 g/mol. The topological polar surface area (TPSA) is 40.5 Å². The molecule has 2 heteroatoms. The lowest BCUT2D eigenvalue weighted by Gasteiger charge is -2.74. The molecule has 0 aromatic carbocycles. The van der Waals surface area contributed by atoms with Gasteiger partial charge in [-0.25, -0.2) is 0 Å². The van der Waals surface area contributed by atoms with E-state index in [1.165, 1.54) is 57.8 Å². The Morgan fingerprint density at radius 1 is 0.531 bits per heavy atom. The van der Waals surface area contributed by atoms with Gasteiger partial charge in [0.25, 0.3) is 0 Å². The molecule has 5 aliphatic rings. The Morgan fingerprint density at radius 3 is 1.72 bits per heavy atom. The van der Waals surface area contributed by atoms with Gasteiger partial charge in [-0.2, -0.15) is 0 Å². The lowest BCUT2D eigenvalue weighted by Crippen LogP contribution is -2.68. The number of aliphatic hydroxyl groups is 2. The van der Waals surface area contributed by atoms with Gasteiger partial charge in [0.1, 0.15) is 0 Å². The van der Waals surface area contributed by atoms with Crippen molar-refractivity contribution >= 4 is 0 Å². The molecule has 0 heterocycles. The first kappa shape index (κ1) is 23.7. The highest BCUT2D eigenvalue weighted by molar-refractivity contribution is 5.19. The van der Waals surface area contributed by atoms with E-state index in [2.05, 4.69) is 55.4 Å². The fraction of sp³-hybridized carbons (Fsp3) is 1.00. The highest BCUT2D eigenvalue weighted by atomic mass is 16.3. The van der Waals surface area contributed by atoms with Crippen molar-refractivity contribution in [3.63, 3.8) is 0 Å². The summed E-state index contributed by atoms with van der Waals surface area (Å²) in [6, 6.07) is 0. The van der Waals surface area contributed by atoms with Crippen LogP contribution in [-0.2, 0) is 0 Å². The summed E-state index contributed by atoms with van der Waals surface area (Å²) in [7, 11) is 0. The van der Waals surface area contributed by atoms with Crippen molar-refractivity contribution < 1.29 is 10.2 Å². The van der Waals surface area contributed by atoms with E-state index in [1.54, 1.807) is 0 Å². The molecule has 0 aliphatic heterocycles. The normalized spacial score (nSPS) is 58.7. The highest BCUT2D eigenvalue weighted by Gasteiger charge is 2.70. The Balaban J connectivity index is 1.52. The third-order valence-corrected chi connectivity index (χ3v) is 14.0. The summed E-state index contributed by atoms with van der Waals surface area (Å²) in [5, 5.41) is 22.3. The van der Waals surface area contributed by atoms with E-state index in [-0.39, 0.29) is 28.5 Å². The van der Waals surface area contributed by atoms with Crippen LogP contribution in [-0.4, -0.2) is 22.4 Å². The zero-order chi connectivity index (χ0) is 23.5. The average Bonchev–Trinajstić information content (AvgIpc) is 2.69. The molecule has 184 valence electrons. The fourth-order valence-electron chi connectivity index (χ4n) is 11.6. The van der Waals surface area contributed by atoms with E-state index in [4.69, 9.17) is 0 Å². The van der Waals surface area contributed by atoms with Gasteiger partial charge in [-0.3, -0.25) is 0 Å². The van der Waals surface area contributed by atoms with E-state index in [0.717, 1.165) is 18.3 Å². The predicted molar refractivity (Wildman–Crippen MR) is 132 cm³/mol. The molecular formula is C30H52O2. The largest absolute Gasteiger partial charge is 0.393 e. The Hall–Kier alpha value is -0.0800. The van der Waals surface area contributed by atoms with Crippen molar-refractivity contribution in [2.45, 2.75) is 132 Å². The maximum Gasteiger partial charge on any atom is 0.0624 e. The van der Waals surface area contributed by atoms with Crippen LogP contribution in [0.2, 0.25) is 0 Å². The molecule has 0 bridgehead atoms. The molecule has 0 amide bonds. The van der Waals surface area contributed by atoms with E-state index in [1.807, 2.05) is 0 Å². The Bertz CT molecular complexity index is 771. The third-order valence-electron chi connectivity index (χ3n) is 14.0. The van der Waals surface area contributed by atoms with Gasteiger partial charge >= 0.3 is 0 Å². The Morgan fingerprint density at radius 2 is 1.09 bits per heavy atom. The molecule has 0 spiro atoms. The SMILES string of the molecule is CC1(C)CC[C@@]2(C)[C@H]3CC[C@@H]4[C@@]5(C)CC[C@H](O)C(C)(C)[C@H]5CC[C@]4(C)[C@@]3(C)CC[C@H]2[C@H]1O. The van der Waals surface area contributed by atoms with Crippen LogP contribution in [0.3, 0.4) is 0 Å². The highest BCUT2D eigenvalue weighted by Crippen LogP contribution is 2.77. The minimum atomic E-state index is -0.148. The van der Waals surface area contributed by atoms with Crippen LogP contribution in [0.1, 0.15) is 120 Å². The van der Waals surface area contributed by atoms with Crippen LogP contribution in [0.4, 0.5) is 0 Å². The second-order valence-corrected chi connectivity index (χ2v) is 15.6. The minimum absolute atomic E-state index is 0.0365. The van der Waals surface area contributed by atoms with E-state index in [9.17, 15) is 10.2 Å². The summed E-state index contributed by atoms with van der Waals surface area (Å²) in [4.78, 5) is 0. The summed E-state index contributed by atoms with van der Waals surface area (Å²) >= 11 is 0. The van der Waals surface area contributed by atoms with E-state index in [0.29, 0.717) is 28.1 Å². The summed E-state index contributed by atoms with van der Waals surface area (Å²) in [5.41, 5.74) is 1.50. The molecule has 0 saturated heterocycles. The summed E-state index contributed by atoms with van der Waals surface area (Å²) in [6.07, 6.45) is 12.2. The Labute approximate surface area is 198 Å².